The molecule has 0 spiro atoms. The van der Waals surface area contributed by atoms with Crippen LogP contribution in [0.3, 0.4) is 0 Å². The van der Waals surface area contributed by atoms with Crippen molar-refractivity contribution in [3.05, 3.63) is 54.6 Å². The average molecular weight is 424 g/mol. The van der Waals surface area contributed by atoms with Crippen molar-refractivity contribution < 1.29 is 19.1 Å². The van der Waals surface area contributed by atoms with Gasteiger partial charge in [0.25, 0.3) is 0 Å². The lowest BCUT2D eigenvalue weighted by atomic mass is 10.2. The van der Waals surface area contributed by atoms with E-state index < -0.39 is 0 Å². The van der Waals surface area contributed by atoms with Crippen LogP contribution in [0.25, 0.3) is 0 Å². The molecule has 1 saturated heterocycles. The molecule has 2 aromatic carbocycles. The second-order valence-corrected chi connectivity index (χ2v) is 7.75. The maximum atomic E-state index is 12.7. The third kappa shape index (κ3) is 5.55. The Hall–Kier alpha value is -3.06. The zero-order valence-electron chi connectivity index (χ0n) is 17.7. The average Bonchev–Trinajstić information content (AvgIpc) is 2.83. The Bertz CT molecular complexity index is 881. The zero-order chi connectivity index (χ0) is 21.5. The van der Waals surface area contributed by atoms with Crippen molar-refractivity contribution >= 4 is 17.5 Å². The molecule has 2 amide bonds. The van der Waals surface area contributed by atoms with E-state index in [2.05, 4.69) is 4.90 Å². The summed E-state index contributed by atoms with van der Waals surface area (Å²) in [7, 11) is 0. The second kappa shape index (κ2) is 10.3. The van der Waals surface area contributed by atoms with Crippen LogP contribution in [0.1, 0.15) is 12.8 Å². The second-order valence-electron chi connectivity index (χ2n) is 7.75. The molecule has 0 aliphatic carbocycles. The van der Waals surface area contributed by atoms with Gasteiger partial charge in [-0.1, -0.05) is 30.3 Å². The number of amides is 2. The first-order valence-electron chi connectivity index (χ1n) is 10.9. The van der Waals surface area contributed by atoms with E-state index in [1.165, 1.54) is 0 Å². The van der Waals surface area contributed by atoms with Crippen molar-refractivity contribution in [2.45, 2.75) is 12.8 Å². The molecule has 164 valence electrons. The molecule has 0 saturated carbocycles. The number of rotatable bonds is 7. The Morgan fingerprint density at radius 1 is 0.839 bits per heavy atom. The summed E-state index contributed by atoms with van der Waals surface area (Å²) in [5.74, 6) is 1.63. The Morgan fingerprint density at radius 2 is 1.55 bits per heavy atom. The van der Waals surface area contributed by atoms with Gasteiger partial charge in [0.05, 0.1) is 12.2 Å². The van der Waals surface area contributed by atoms with E-state index in [1.54, 1.807) is 4.90 Å². The summed E-state index contributed by atoms with van der Waals surface area (Å²) in [5, 5.41) is 0. The smallest absolute Gasteiger partial charge is 0.227 e. The third-order valence-electron chi connectivity index (χ3n) is 5.73. The number of carbonyl (C=O) groups excluding carboxylic acids is 2. The Balaban J connectivity index is 1.17. The summed E-state index contributed by atoms with van der Waals surface area (Å²) in [6.45, 7) is 5.51. The quantitative estimate of drug-likeness (QED) is 0.685. The fourth-order valence-corrected chi connectivity index (χ4v) is 3.97. The van der Waals surface area contributed by atoms with Gasteiger partial charge >= 0.3 is 0 Å². The van der Waals surface area contributed by atoms with Gasteiger partial charge in [-0.05, 0) is 24.3 Å². The summed E-state index contributed by atoms with van der Waals surface area (Å²) in [6.07, 6.45) is 0.466. The van der Waals surface area contributed by atoms with Gasteiger partial charge in [0, 0.05) is 45.6 Å². The Kier molecular flexibility index (Phi) is 7.04. The van der Waals surface area contributed by atoms with Gasteiger partial charge in [-0.25, -0.2) is 0 Å². The maximum Gasteiger partial charge on any atom is 0.227 e. The monoisotopic (exact) mass is 423 g/mol. The Morgan fingerprint density at radius 3 is 2.35 bits per heavy atom. The minimum atomic E-state index is -0.0270. The van der Waals surface area contributed by atoms with Crippen LogP contribution in [0.5, 0.6) is 11.5 Å². The molecule has 1 fully saturated rings. The number of hydrogen-bond acceptors (Lipinski definition) is 5. The van der Waals surface area contributed by atoms with Crippen LogP contribution in [0.2, 0.25) is 0 Å². The van der Waals surface area contributed by atoms with E-state index in [4.69, 9.17) is 9.47 Å². The van der Waals surface area contributed by atoms with Crippen LogP contribution in [0, 0.1) is 0 Å². The van der Waals surface area contributed by atoms with Crippen molar-refractivity contribution in [3.63, 3.8) is 0 Å². The van der Waals surface area contributed by atoms with Gasteiger partial charge in [0.1, 0.15) is 24.7 Å². The molecule has 0 bridgehead atoms. The normalized spacial score (nSPS) is 16.4. The van der Waals surface area contributed by atoms with Gasteiger partial charge in [-0.2, -0.15) is 0 Å². The molecule has 0 radical (unpaired) electrons. The van der Waals surface area contributed by atoms with Gasteiger partial charge in [-0.3, -0.25) is 14.5 Å². The number of nitrogens with zero attached hydrogens (tertiary/aromatic N) is 3. The lowest BCUT2D eigenvalue weighted by Gasteiger charge is -2.35. The van der Waals surface area contributed by atoms with Crippen molar-refractivity contribution in [1.82, 2.24) is 9.80 Å². The number of carbonyl (C=O) groups is 2. The topological polar surface area (TPSA) is 62.3 Å². The highest BCUT2D eigenvalue weighted by atomic mass is 16.5. The minimum absolute atomic E-state index is 0.0270. The SMILES string of the molecule is O=C(CCC(=O)N1CCOc2ccccc21)N1CCN(CCOc2ccccc2)CC1. The molecule has 4 rings (SSSR count). The highest BCUT2D eigenvalue weighted by molar-refractivity contribution is 5.97. The predicted octanol–water partition coefficient (Wildman–Crippen LogP) is 2.42. The summed E-state index contributed by atoms with van der Waals surface area (Å²) in [4.78, 5) is 31.2. The molecule has 2 aliphatic heterocycles. The Labute approximate surface area is 183 Å². The highest BCUT2D eigenvalue weighted by Crippen LogP contribution is 2.31. The first-order chi connectivity index (χ1) is 15.2. The lowest BCUT2D eigenvalue weighted by Crippen LogP contribution is -2.49. The van der Waals surface area contributed by atoms with Gasteiger partial charge in [0.2, 0.25) is 11.8 Å². The number of fused-ring (bicyclic) bond motifs is 1. The van der Waals surface area contributed by atoms with E-state index in [0.717, 1.165) is 36.8 Å². The molecule has 7 nitrogen and oxygen atoms in total. The van der Waals surface area contributed by atoms with E-state index in [-0.39, 0.29) is 24.7 Å². The number of para-hydroxylation sites is 3. The van der Waals surface area contributed by atoms with Gasteiger partial charge in [-0.15, -0.1) is 0 Å². The largest absolute Gasteiger partial charge is 0.492 e. The molecule has 0 unspecified atom stereocenters. The van der Waals surface area contributed by atoms with E-state index in [1.807, 2.05) is 59.5 Å². The molecular formula is C24H29N3O4. The molecule has 2 heterocycles. The first kappa shape index (κ1) is 21.2. The van der Waals surface area contributed by atoms with Crippen LogP contribution in [0.4, 0.5) is 5.69 Å². The summed E-state index contributed by atoms with van der Waals surface area (Å²) >= 11 is 0. The van der Waals surface area contributed by atoms with Crippen LogP contribution >= 0.6 is 0 Å². The number of hydrogen-bond donors (Lipinski definition) is 0. The molecule has 2 aromatic rings. The van der Waals surface area contributed by atoms with Crippen molar-refractivity contribution in [1.29, 1.82) is 0 Å². The van der Waals surface area contributed by atoms with Gasteiger partial charge < -0.3 is 19.3 Å². The van der Waals surface area contributed by atoms with Crippen LogP contribution in [-0.4, -0.2) is 74.1 Å². The maximum absolute atomic E-state index is 12.7. The first-order valence-corrected chi connectivity index (χ1v) is 10.9. The molecular weight excluding hydrogens is 394 g/mol. The highest BCUT2D eigenvalue weighted by Gasteiger charge is 2.25. The van der Waals surface area contributed by atoms with E-state index in [0.29, 0.717) is 32.8 Å². The van der Waals surface area contributed by atoms with Crippen molar-refractivity contribution in [2.75, 3.05) is 57.4 Å². The zero-order valence-corrected chi connectivity index (χ0v) is 17.7. The van der Waals surface area contributed by atoms with Crippen LogP contribution in [-0.2, 0) is 9.59 Å². The molecule has 0 atom stereocenters. The van der Waals surface area contributed by atoms with Crippen molar-refractivity contribution in [3.8, 4) is 11.5 Å². The molecule has 2 aliphatic rings. The lowest BCUT2D eigenvalue weighted by molar-refractivity contribution is -0.134. The predicted molar refractivity (Wildman–Crippen MR) is 118 cm³/mol. The summed E-state index contributed by atoms with van der Waals surface area (Å²) < 4.78 is 11.4. The molecule has 0 N–H and O–H groups in total. The molecule has 31 heavy (non-hydrogen) atoms. The summed E-state index contributed by atoms with van der Waals surface area (Å²) in [5.41, 5.74) is 0.789. The molecule has 7 heteroatoms. The number of anilines is 1. The van der Waals surface area contributed by atoms with Crippen molar-refractivity contribution in [2.24, 2.45) is 0 Å². The van der Waals surface area contributed by atoms with Gasteiger partial charge in [0.15, 0.2) is 0 Å². The van der Waals surface area contributed by atoms with Crippen LogP contribution < -0.4 is 14.4 Å². The number of benzene rings is 2. The summed E-state index contributed by atoms with van der Waals surface area (Å²) in [6, 6.07) is 17.3. The molecule has 0 aromatic heterocycles. The fourth-order valence-electron chi connectivity index (χ4n) is 3.97. The van der Waals surface area contributed by atoms with Crippen LogP contribution in [0.15, 0.2) is 54.6 Å². The fraction of sp³-hybridized carbons (Fsp3) is 0.417. The third-order valence-corrected chi connectivity index (χ3v) is 5.73. The standard InChI is InChI=1S/C24H29N3O4/c28-23(10-11-24(29)27-17-19-31-22-9-5-4-8-21(22)27)26-14-12-25(13-15-26)16-18-30-20-6-2-1-3-7-20/h1-9H,10-19H2. The number of ether oxygens (including phenoxy) is 2. The van der Waals surface area contributed by atoms with E-state index in [9.17, 15) is 9.59 Å². The van der Waals surface area contributed by atoms with E-state index >= 15 is 0 Å². The number of piperazine rings is 1. The minimum Gasteiger partial charge on any atom is -0.492 e.